The summed E-state index contributed by atoms with van der Waals surface area (Å²) >= 11 is 5.49. The van der Waals surface area contributed by atoms with Gasteiger partial charge in [-0.05, 0) is 31.8 Å². The highest BCUT2D eigenvalue weighted by molar-refractivity contribution is 6.25. The Morgan fingerprint density at radius 3 is 2.83 bits per heavy atom. The average Bonchev–Trinajstić information content (AvgIpc) is 2.38. The number of ether oxygens (including phenoxy) is 1. The molecule has 1 aromatic carbocycles. The second-order valence-electron chi connectivity index (χ2n) is 4.28. The molecule has 0 saturated heterocycles. The van der Waals surface area contributed by atoms with Gasteiger partial charge in [0, 0.05) is 24.7 Å². The number of methoxy groups -OCH3 is 1. The summed E-state index contributed by atoms with van der Waals surface area (Å²) in [4.78, 5) is 2.19. The zero-order valence-corrected chi connectivity index (χ0v) is 11.9. The van der Waals surface area contributed by atoms with Crippen LogP contribution < -0.4 is 10.1 Å². The monoisotopic (exact) mass is 268 g/mol. The second-order valence-corrected chi connectivity index (χ2v) is 4.53. The molecule has 0 aliphatic rings. The molecule has 18 heavy (non-hydrogen) atoms. The summed E-state index contributed by atoms with van der Waals surface area (Å²) in [6.07, 6.45) is 1.89. The summed E-state index contributed by atoms with van der Waals surface area (Å²) in [5.74, 6) is 0.889. The molecule has 0 aliphatic heterocycles. The largest absolute Gasteiger partial charge is 0.497 e. The minimum atomic E-state index is 0.309. The molecule has 1 aromatic rings. The van der Waals surface area contributed by atoms with E-state index in [4.69, 9.17) is 16.3 Å². The van der Waals surface area contributed by atoms with E-state index in [2.05, 4.69) is 36.4 Å². The van der Waals surface area contributed by atoms with E-state index in [1.165, 1.54) is 11.1 Å². The van der Waals surface area contributed by atoms with Gasteiger partial charge in [0.15, 0.2) is 0 Å². The van der Waals surface area contributed by atoms with Crippen LogP contribution in [0.3, 0.4) is 0 Å². The van der Waals surface area contributed by atoms with Gasteiger partial charge in [0.25, 0.3) is 0 Å². The van der Waals surface area contributed by atoms with Crippen LogP contribution in [0, 0.1) is 0 Å². The van der Waals surface area contributed by atoms with E-state index < -0.39 is 0 Å². The van der Waals surface area contributed by atoms with Gasteiger partial charge in [-0.15, -0.1) is 0 Å². The third-order valence-corrected chi connectivity index (χ3v) is 2.97. The van der Waals surface area contributed by atoms with Gasteiger partial charge < -0.3 is 15.0 Å². The van der Waals surface area contributed by atoms with Crippen molar-refractivity contribution in [2.75, 3.05) is 34.3 Å². The minimum Gasteiger partial charge on any atom is -0.497 e. The van der Waals surface area contributed by atoms with Gasteiger partial charge in [0.05, 0.1) is 7.11 Å². The van der Waals surface area contributed by atoms with Crippen molar-refractivity contribution in [3.05, 3.63) is 41.4 Å². The predicted octanol–water partition coefficient (Wildman–Crippen LogP) is 2.64. The van der Waals surface area contributed by atoms with Gasteiger partial charge >= 0.3 is 0 Å². The molecular weight excluding hydrogens is 248 g/mol. The maximum atomic E-state index is 5.49. The van der Waals surface area contributed by atoms with Gasteiger partial charge in [0.1, 0.15) is 5.75 Å². The van der Waals surface area contributed by atoms with E-state index >= 15 is 0 Å². The number of rotatable bonds is 7. The Bertz CT molecular complexity index is 380. The van der Waals surface area contributed by atoms with Crippen molar-refractivity contribution in [2.24, 2.45) is 0 Å². The molecule has 0 radical (unpaired) electrons. The van der Waals surface area contributed by atoms with E-state index in [1.807, 2.05) is 18.2 Å². The van der Waals surface area contributed by atoms with Gasteiger partial charge in [0.2, 0.25) is 0 Å². The van der Waals surface area contributed by atoms with E-state index in [0.29, 0.717) is 6.04 Å². The lowest BCUT2D eigenvalue weighted by Gasteiger charge is -2.25. The minimum absolute atomic E-state index is 0.309. The van der Waals surface area contributed by atoms with Gasteiger partial charge in [-0.2, -0.15) is 0 Å². The third-order valence-electron chi connectivity index (χ3n) is 2.79. The molecule has 1 atom stereocenters. The number of hydrogen-bond donors (Lipinski definition) is 1. The van der Waals surface area contributed by atoms with Gasteiger partial charge in [-0.1, -0.05) is 29.8 Å². The molecule has 0 amide bonds. The molecule has 0 spiro atoms. The highest BCUT2D eigenvalue weighted by Gasteiger charge is 2.13. The topological polar surface area (TPSA) is 24.5 Å². The molecule has 1 unspecified atom stereocenters. The Hall–Kier alpha value is -1.03. The van der Waals surface area contributed by atoms with Crippen LogP contribution in [0.5, 0.6) is 5.75 Å². The molecule has 0 heterocycles. The zero-order chi connectivity index (χ0) is 13.4. The van der Waals surface area contributed by atoms with E-state index in [-0.39, 0.29) is 0 Å². The maximum Gasteiger partial charge on any atom is 0.119 e. The Morgan fingerprint density at radius 1 is 1.44 bits per heavy atom. The Balaban J connectivity index is 2.70. The summed E-state index contributed by atoms with van der Waals surface area (Å²) in [6.45, 7) is 1.64. The molecule has 1 N–H and O–H groups in total. The van der Waals surface area contributed by atoms with E-state index in [9.17, 15) is 0 Å². The van der Waals surface area contributed by atoms with Crippen LogP contribution in [0.2, 0.25) is 0 Å². The molecule has 0 aromatic heterocycles. The quantitative estimate of drug-likeness (QED) is 0.770. The Kier molecular flexibility index (Phi) is 6.80. The van der Waals surface area contributed by atoms with Crippen LogP contribution in [-0.4, -0.2) is 39.2 Å². The number of nitrogens with zero attached hydrogens (tertiary/aromatic N) is 1. The highest BCUT2D eigenvalue weighted by atomic mass is 35.5. The van der Waals surface area contributed by atoms with E-state index in [0.717, 1.165) is 18.8 Å². The standard InChI is InChI=1S/C14H21ClN2O/c1-17(2)14(11-16-9-5-8-15)12-6-4-7-13(10-12)18-3/h4-8,10,14,16H,9,11H2,1-3H3/b8-5+. The number of hydrogen-bond acceptors (Lipinski definition) is 3. The second kappa shape index (κ2) is 8.14. The first-order chi connectivity index (χ1) is 8.69. The SMILES string of the molecule is COc1cccc(C(CNC/C=C/Cl)N(C)C)c1. The Morgan fingerprint density at radius 2 is 2.22 bits per heavy atom. The number of halogens is 1. The lowest BCUT2D eigenvalue weighted by Crippen LogP contribution is -2.31. The van der Waals surface area contributed by atoms with Crippen molar-refractivity contribution in [2.45, 2.75) is 6.04 Å². The normalized spacial score (nSPS) is 13.2. The molecule has 3 nitrogen and oxygen atoms in total. The first kappa shape index (κ1) is 15.0. The fraction of sp³-hybridized carbons (Fsp3) is 0.429. The van der Waals surface area contributed by atoms with Crippen LogP contribution in [0.25, 0.3) is 0 Å². The summed E-state index contributed by atoms with van der Waals surface area (Å²) in [6, 6.07) is 8.47. The number of nitrogens with one attached hydrogen (secondary N) is 1. The molecule has 100 valence electrons. The lowest BCUT2D eigenvalue weighted by atomic mass is 10.1. The highest BCUT2D eigenvalue weighted by Crippen LogP contribution is 2.21. The van der Waals surface area contributed by atoms with Gasteiger partial charge in [-0.3, -0.25) is 0 Å². The van der Waals surface area contributed by atoms with Crippen molar-refractivity contribution >= 4 is 11.6 Å². The van der Waals surface area contributed by atoms with Crippen LogP contribution >= 0.6 is 11.6 Å². The predicted molar refractivity (Wildman–Crippen MR) is 77.3 cm³/mol. The summed E-state index contributed by atoms with van der Waals surface area (Å²) < 4.78 is 5.26. The summed E-state index contributed by atoms with van der Waals surface area (Å²) in [5, 5.41) is 3.35. The van der Waals surface area contributed by atoms with Crippen molar-refractivity contribution in [1.82, 2.24) is 10.2 Å². The average molecular weight is 269 g/mol. The molecule has 0 fully saturated rings. The molecule has 4 heteroatoms. The molecule has 1 rings (SSSR count). The smallest absolute Gasteiger partial charge is 0.119 e. The maximum absolute atomic E-state index is 5.49. The van der Waals surface area contributed by atoms with Crippen LogP contribution in [0.15, 0.2) is 35.9 Å². The summed E-state index contributed by atoms with van der Waals surface area (Å²) in [7, 11) is 5.83. The molecule has 0 bridgehead atoms. The van der Waals surface area contributed by atoms with Crippen molar-refractivity contribution in [3.8, 4) is 5.75 Å². The fourth-order valence-electron chi connectivity index (χ4n) is 1.80. The summed E-state index contributed by atoms with van der Waals surface area (Å²) in [5.41, 5.74) is 2.77. The first-order valence-corrected chi connectivity index (χ1v) is 6.39. The molecule has 0 aliphatic carbocycles. The third kappa shape index (κ3) is 4.69. The van der Waals surface area contributed by atoms with E-state index in [1.54, 1.807) is 7.11 Å². The number of benzene rings is 1. The Labute approximate surface area is 114 Å². The fourth-order valence-corrected chi connectivity index (χ4v) is 1.88. The zero-order valence-electron chi connectivity index (χ0n) is 11.2. The van der Waals surface area contributed by atoms with Gasteiger partial charge in [-0.25, -0.2) is 0 Å². The van der Waals surface area contributed by atoms with Crippen molar-refractivity contribution < 1.29 is 4.74 Å². The van der Waals surface area contributed by atoms with Crippen molar-refractivity contribution in [1.29, 1.82) is 0 Å². The molecule has 0 saturated carbocycles. The molecular formula is C14H21ClN2O. The van der Waals surface area contributed by atoms with Crippen molar-refractivity contribution in [3.63, 3.8) is 0 Å². The van der Waals surface area contributed by atoms with Crippen LogP contribution in [0.1, 0.15) is 11.6 Å². The van der Waals surface area contributed by atoms with Crippen LogP contribution in [-0.2, 0) is 0 Å². The first-order valence-electron chi connectivity index (χ1n) is 5.95. The number of likely N-dealkylation sites (N-methyl/N-ethyl adjacent to an activating group) is 1. The van der Waals surface area contributed by atoms with Crippen LogP contribution in [0.4, 0.5) is 0 Å². The lowest BCUT2D eigenvalue weighted by molar-refractivity contribution is 0.290.